The Balaban J connectivity index is 2.68. The molecule has 1 aromatic carbocycles. The summed E-state index contributed by atoms with van der Waals surface area (Å²) in [5.41, 5.74) is 1.23. The van der Waals surface area contributed by atoms with Crippen LogP contribution >= 0.6 is 0 Å². The Morgan fingerprint density at radius 1 is 1.16 bits per heavy atom. The predicted molar refractivity (Wildman–Crippen MR) is 130 cm³/mol. The van der Waals surface area contributed by atoms with E-state index in [0.29, 0.717) is 24.6 Å². The molecule has 0 saturated heterocycles. The van der Waals surface area contributed by atoms with E-state index in [0.717, 1.165) is 31.4 Å². The van der Waals surface area contributed by atoms with E-state index >= 15 is 0 Å². The molecule has 8 heteroatoms. The van der Waals surface area contributed by atoms with Gasteiger partial charge in [0, 0.05) is 32.7 Å². The number of alkyl carbamates (subject to hydrolysis) is 1. The third-order valence-electron chi connectivity index (χ3n) is 4.46. The summed E-state index contributed by atoms with van der Waals surface area (Å²) in [5.74, 6) is 0.689. The molecule has 0 saturated carbocycles. The van der Waals surface area contributed by atoms with Gasteiger partial charge >= 0.3 is 6.09 Å². The molecule has 1 unspecified atom stereocenters. The third kappa shape index (κ3) is 11.0. The highest BCUT2D eigenvalue weighted by Gasteiger charge is 2.19. The average Bonchev–Trinajstić information content (AvgIpc) is 2.70. The van der Waals surface area contributed by atoms with Gasteiger partial charge in [-0.2, -0.15) is 0 Å². The Labute approximate surface area is 193 Å². The van der Waals surface area contributed by atoms with Gasteiger partial charge < -0.3 is 25.6 Å². The number of carbonyl (C=O) groups is 2. The topological polar surface area (TPSA) is 95.1 Å². The minimum atomic E-state index is -0.533. The van der Waals surface area contributed by atoms with Crippen molar-refractivity contribution in [1.82, 2.24) is 20.9 Å². The molecule has 0 aliphatic heterocycles. The summed E-state index contributed by atoms with van der Waals surface area (Å²) >= 11 is 0. The van der Waals surface area contributed by atoms with Crippen molar-refractivity contribution in [3.8, 4) is 0 Å². The van der Waals surface area contributed by atoms with Crippen molar-refractivity contribution in [3.05, 3.63) is 35.4 Å². The van der Waals surface area contributed by atoms with Crippen LogP contribution in [0.1, 0.15) is 63.4 Å². The first-order valence-electron chi connectivity index (χ1n) is 11.4. The molecule has 1 rings (SSSR count). The van der Waals surface area contributed by atoms with Crippen LogP contribution in [0, 0.1) is 0 Å². The molecular formula is C24H41N5O3. The lowest BCUT2D eigenvalue weighted by atomic mass is 10.1. The average molecular weight is 448 g/mol. The van der Waals surface area contributed by atoms with Crippen molar-refractivity contribution in [3.63, 3.8) is 0 Å². The number of nitrogens with zero attached hydrogens (tertiary/aromatic N) is 2. The van der Waals surface area contributed by atoms with Gasteiger partial charge in [0.2, 0.25) is 0 Å². The van der Waals surface area contributed by atoms with Crippen LogP contribution in [0.15, 0.2) is 29.3 Å². The van der Waals surface area contributed by atoms with E-state index in [1.54, 1.807) is 19.0 Å². The van der Waals surface area contributed by atoms with Gasteiger partial charge in [0.25, 0.3) is 5.91 Å². The van der Waals surface area contributed by atoms with E-state index < -0.39 is 11.7 Å². The SMILES string of the molecule is CCCC(CN=C(NCC)NCCc1cccc(C(=O)N(C)C)c1)NC(=O)OC(C)(C)C. The van der Waals surface area contributed by atoms with Gasteiger partial charge in [-0.05, 0) is 58.2 Å². The summed E-state index contributed by atoms with van der Waals surface area (Å²) in [5, 5.41) is 9.49. The number of amides is 2. The van der Waals surface area contributed by atoms with E-state index in [1.165, 1.54) is 0 Å². The van der Waals surface area contributed by atoms with E-state index in [9.17, 15) is 9.59 Å². The van der Waals surface area contributed by atoms with Gasteiger partial charge in [0.1, 0.15) is 5.60 Å². The molecule has 1 aromatic rings. The standard InChI is InChI=1S/C24H41N5O3/c1-8-11-20(28-23(31)32-24(3,4)5)17-27-22(25-9-2)26-15-14-18-12-10-13-19(16-18)21(30)29(6)7/h10,12-13,16,20H,8-9,11,14-15,17H2,1-7H3,(H,28,31)(H2,25,26,27). The monoisotopic (exact) mass is 447 g/mol. The van der Waals surface area contributed by atoms with Crippen molar-refractivity contribution in [2.45, 2.75) is 65.5 Å². The molecule has 0 bridgehead atoms. The first-order valence-corrected chi connectivity index (χ1v) is 11.4. The number of hydrogen-bond donors (Lipinski definition) is 3. The number of carbonyl (C=O) groups excluding carboxylic acids is 2. The van der Waals surface area contributed by atoms with Gasteiger partial charge in [-0.25, -0.2) is 4.79 Å². The summed E-state index contributed by atoms with van der Waals surface area (Å²) in [6.45, 7) is 11.5. The lowest BCUT2D eigenvalue weighted by molar-refractivity contribution is 0.0503. The Morgan fingerprint density at radius 3 is 2.47 bits per heavy atom. The zero-order chi connectivity index (χ0) is 24.1. The molecule has 0 spiro atoms. The second-order valence-corrected chi connectivity index (χ2v) is 8.93. The maximum atomic E-state index is 12.2. The summed E-state index contributed by atoms with van der Waals surface area (Å²) in [4.78, 5) is 30.5. The Bertz CT molecular complexity index is 756. The second-order valence-electron chi connectivity index (χ2n) is 8.93. The Hall–Kier alpha value is -2.77. The van der Waals surface area contributed by atoms with E-state index in [1.807, 2.05) is 52.0 Å². The Morgan fingerprint density at radius 2 is 1.88 bits per heavy atom. The van der Waals surface area contributed by atoms with Crippen LogP contribution in [0.3, 0.4) is 0 Å². The molecule has 180 valence electrons. The normalized spacial score (nSPS) is 12.7. The quantitative estimate of drug-likeness (QED) is 0.378. The van der Waals surface area contributed by atoms with Crippen molar-refractivity contribution in [2.24, 2.45) is 4.99 Å². The first kappa shape index (κ1) is 27.3. The maximum absolute atomic E-state index is 12.2. The number of guanidine groups is 1. The van der Waals surface area contributed by atoms with Crippen LogP contribution in [0.2, 0.25) is 0 Å². The minimum absolute atomic E-state index is 0.00540. The largest absolute Gasteiger partial charge is 0.444 e. The van der Waals surface area contributed by atoms with Gasteiger partial charge in [0.05, 0.1) is 12.6 Å². The molecule has 3 N–H and O–H groups in total. The zero-order valence-corrected chi connectivity index (χ0v) is 20.7. The van der Waals surface area contributed by atoms with Gasteiger partial charge in [-0.1, -0.05) is 25.5 Å². The van der Waals surface area contributed by atoms with Crippen LogP contribution in [-0.4, -0.2) is 68.2 Å². The molecule has 1 atom stereocenters. The fourth-order valence-corrected chi connectivity index (χ4v) is 3.02. The fraction of sp³-hybridized carbons (Fsp3) is 0.625. The van der Waals surface area contributed by atoms with Crippen LogP contribution in [0.5, 0.6) is 0 Å². The van der Waals surface area contributed by atoms with Crippen LogP contribution < -0.4 is 16.0 Å². The second kappa shape index (κ2) is 13.6. The smallest absolute Gasteiger partial charge is 0.407 e. The molecule has 0 fully saturated rings. The third-order valence-corrected chi connectivity index (χ3v) is 4.46. The molecule has 8 nitrogen and oxygen atoms in total. The minimum Gasteiger partial charge on any atom is -0.444 e. The predicted octanol–water partition coefficient (Wildman–Crippen LogP) is 3.18. The van der Waals surface area contributed by atoms with Crippen molar-refractivity contribution < 1.29 is 14.3 Å². The molecule has 0 aliphatic carbocycles. The van der Waals surface area contributed by atoms with Gasteiger partial charge in [-0.15, -0.1) is 0 Å². The molecule has 0 radical (unpaired) electrons. The van der Waals surface area contributed by atoms with E-state index in [2.05, 4.69) is 27.9 Å². The molecule has 0 heterocycles. The highest BCUT2D eigenvalue weighted by atomic mass is 16.6. The van der Waals surface area contributed by atoms with Gasteiger partial charge in [-0.3, -0.25) is 9.79 Å². The van der Waals surface area contributed by atoms with Crippen molar-refractivity contribution in [1.29, 1.82) is 0 Å². The molecular weight excluding hydrogens is 406 g/mol. The maximum Gasteiger partial charge on any atom is 0.407 e. The number of nitrogens with one attached hydrogen (secondary N) is 3. The van der Waals surface area contributed by atoms with E-state index in [4.69, 9.17) is 4.74 Å². The summed E-state index contributed by atoms with van der Waals surface area (Å²) in [6, 6.07) is 7.58. The Kier molecular flexibility index (Phi) is 11.6. The lowest BCUT2D eigenvalue weighted by Crippen LogP contribution is -2.43. The van der Waals surface area contributed by atoms with Crippen molar-refractivity contribution in [2.75, 3.05) is 33.7 Å². The molecule has 0 aromatic heterocycles. The number of hydrogen-bond acceptors (Lipinski definition) is 4. The van der Waals surface area contributed by atoms with Crippen molar-refractivity contribution >= 4 is 18.0 Å². The van der Waals surface area contributed by atoms with Gasteiger partial charge in [0.15, 0.2) is 5.96 Å². The van der Waals surface area contributed by atoms with E-state index in [-0.39, 0.29) is 11.9 Å². The van der Waals surface area contributed by atoms with Crippen LogP contribution in [-0.2, 0) is 11.2 Å². The number of aliphatic imine (C=N–C) groups is 1. The lowest BCUT2D eigenvalue weighted by Gasteiger charge is -2.23. The number of rotatable bonds is 10. The number of ether oxygens (including phenoxy) is 1. The summed E-state index contributed by atoms with van der Waals surface area (Å²) < 4.78 is 5.37. The molecule has 2 amide bonds. The highest BCUT2D eigenvalue weighted by molar-refractivity contribution is 5.94. The summed E-state index contributed by atoms with van der Waals surface area (Å²) in [6.07, 6.45) is 2.08. The molecule has 0 aliphatic rings. The number of benzene rings is 1. The van der Waals surface area contributed by atoms with Crippen LogP contribution in [0.25, 0.3) is 0 Å². The zero-order valence-electron chi connectivity index (χ0n) is 20.7. The molecule has 32 heavy (non-hydrogen) atoms. The first-order chi connectivity index (χ1) is 15.1. The summed E-state index contributed by atoms with van der Waals surface area (Å²) in [7, 11) is 3.50. The fourth-order valence-electron chi connectivity index (χ4n) is 3.02. The highest BCUT2D eigenvalue weighted by Crippen LogP contribution is 2.09. The van der Waals surface area contributed by atoms with Crippen LogP contribution in [0.4, 0.5) is 4.79 Å².